The molecule has 4 rings (SSSR count). The van der Waals surface area contributed by atoms with E-state index >= 15 is 0 Å². The van der Waals surface area contributed by atoms with E-state index < -0.39 is 17.5 Å². The number of anilines is 2. The number of rotatable bonds is 5. The second kappa shape index (κ2) is 9.05. The second-order valence-corrected chi connectivity index (χ2v) is 8.99. The fourth-order valence-electron chi connectivity index (χ4n) is 3.87. The summed E-state index contributed by atoms with van der Waals surface area (Å²) in [7, 11) is 0. The number of aromatic nitrogens is 3. The van der Waals surface area contributed by atoms with Crippen LogP contribution in [0.4, 0.5) is 19.7 Å². The topological polar surface area (TPSA) is 71.0 Å². The Morgan fingerprint density at radius 1 is 1.29 bits per heavy atom. The van der Waals surface area contributed by atoms with E-state index in [-0.39, 0.29) is 11.5 Å². The molecule has 0 bridgehead atoms. The van der Waals surface area contributed by atoms with Gasteiger partial charge < -0.3 is 10.2 Å². The fourth-order valence-corrected chi connectivity index (χ4v) is 4.54. The number of nitrogens with zero attached hydrogens (tertiary/aromatic N) is 4. The van der Waals surface area contributed by atoms with Crippen LogP contribution >= 0.6 is 11.3 Å². The monoisotopic (exact) mass is 443 g/mol. The van der Waals surface area contributed by atoms with Crippen molar-refractivity contribution in [1.82, 2.24) is 19.9 Å². The number of benzene rings is 1. The zero-order valence-corrected chi connectivity index (χ0v) is 18.2. The van der Waals surface area contributed by atoms with Crippen molar-refractivity contribution in [3.05, 3.63) is 64.1 Å². The highest BCUT2D eigenvalue weighted by Gasteiger charge is 2.27. The molecule has 1 aliphatic heterocycles. The first kappa shape index (κ1) is 21.3. The number of carbonyl (C=O) groups is 1. The van der Waals surface area contributed by atoms with Crippen molar-refractivity contribution >= 4 is 28.2 Å². The van der Waals surface area contributed by atoms with Gasteiger partial charge in [-0.1, -0.05) is 6.07 Å². The quantitative estimate of drug-likeness (QED) is 0.621. The lowest BCUT2D eigenvalue weighted by Gasteiger charge is -2.33. The average Bonchev–Trinajstić information content (AvgIpc) is 3.14. The lowest BCUT2D eigenvalue weighted by molar-refractivity contribution is 0.0667. The molecule has 1 aliphatic rings. The Bertz CT molecular complexity index is 1100. The first-order valence-corrected chi connectivity index (χ1v) is 11.0. The van der Waals surface area contributed by atoms with Crippen LogP contribution in [0.15, 0.2) is 30.5 Å². The summed E-state index contributed by atoms with van der Waals surface area (Å²) in [5.41, 5.74) is 0.656. The van der Waals surface area contributed by atoms with Gasteiger partial charge in [-0.2, -0.15) is 0 Å². The molecular formula is C22H23F2N5OS. The van der Waals surface area contributed by atoms with Gasteiger partial charge in [0.05, 0.1) is 5.56 Å². The number of amides is 1. The van der Waals surface area contributed by atoms with Gasteiger partial charge in [0.1, 0.15) is 11.6 Å². The maximum Gasteiger partial charge on any atom is 0.256 e. The van der Waals surface area contributed by atoms with E-state index in [1.54, 1.807) is 22.4 Å². The van der Waals surface area contributed by atoms with Crippen LogP contribution < -0.4 is 5.32 Å². The number of aryl methyl sites for hydroxylation is 2. The van der Waals surface area contributed by atoms with Crippen LogP contribution in [0.1, 0.15) is 39.6 Å². The molecule has 3 heterocycles. The molecule has 0 radical (unpaired) electrons. The highest BCUT2D eigenvalue weighted by atomic mass is 32.1. The van der Waals surface area contributed by atoms with Crippen molar-refractivity contribution in [2.24, 2.45) is 5.92 Å². The highest BCUT2D eigenvalue weighted by Crippen LogP contribution is 2.25. The molecule has 1 N–H and O–H groups in total. The fraction of sp³-hybridized carbons (Fsp3) is 0.364. The Kier molecular flexibility index (Phi) is 6.22. The summed E-state index contributed by atoms with van der Waals surface area (Å²) < 4.78 is 27.6. The second-order valence-electron chi connectivity index (χ2n) is 7.76. The number of nitrogens with one attached hydrogen (secondary N) is 1. The minimum Gasteiger partial charge on any atom is -0.338 e. The number of hydrogen-bond donors (Lipinski definition) is 1. The van der Waals surface area contributed by atoms with Crippen LogP contribution in [0, 0.1) is 31.4 Å². The molecule has 1 aromatic carbocycles. The van der Waals surface area contributed by atoms with Crippen molar-refractivity contribution in [2.45, 2.75) is 33.1 Å². The molecule has 1 saturated heterocycles. The maximum atomic E-state index is 14.1. The molecule has 9 heteroatoms. The van der Waals surface area contributed by atoms with Gasteiger partial charge in [0.25, 0.3) is 5.91 Å². The van der Waals surface area contributed by atoms with E-state index in [9.17, 15) is 13.6 Å². The van der Waals surface area contributed by atoms with Gasteiger partial charge in [-0.25, -0.2) is 23.7 Å². The summed E-state index contributed by atoms with van der Waals surface area (Å²) in [4.78, 5) is 28.8. The van der Waals surface area contributed by atoms with Crippen LogP contribution in [0.3, 0.4) is 0 Å². The molecule has 1 fully saturated rings. The predicted octanol–water partition coefficient (Wildman–Crippen LogP) is 4.67. The first-order chi connectivity index (χ1) is 14.9. The molecule has 0 saturated carbocycles. The van der Waals surface area contributed by atoms with Gasteiger partial charge >= 0.3 is 0 Å². The van der Waals surface area contributed by atoms with Crippen molar-refractivity contribution in [2.75, 3.05) is 18.4 Å². The summed E-state index contributed by atoms with van der Waals surface area (Å²) in [6, 6.07) is 5.60. The lowest BCUT2D eigenvalue weighted by Crippen LogP contribution is -2.41. The van der Waals surface area contributed by atoms with Crippen LogP contribution in [0.5, 0.6) is 0 Å². The van der Waals surface area contributed by atoms with Crippen LogP contribution in [0.2, 0.25) is 0 Å². The standard InChI is InChI=1S/C22H23F2N5OS/c1-13-11-25-22(31-13)28-19-10-16(26-14(2)27-19)9-15-5-4-8-29(12-15)21(30)17-6-3-7-18(23)20(17)24/h3,6-7,10-11,15H,4-5,8-9,12H2,1-2H3,(H,25,26,27,28)/t15-/m1/s1. The molecule has 162 valence electrons. The van der Waals surface area contributed by atoms with Gasteiger partial charge in [0, 0.05) is 35.9 Å². The molecule has 1 amide bonds. The summed E-state index contributed by atoms with van der Waals surface area (Å²) in [5.74, 6) is -1.05. The molecule has 31 heavy (non-hydrogen) atoms. The first-order valence-electron chi connectivity index (χ1n) is 10.2. The lowest BCUT2D eigenvalue weighted by atomic mass is 9.92. The van der Waals surface area contributed by atoms with Gasteiger partial charge in [-0.15, -0.1) is 11.3 Å². The Labute approximate surface area is 183 Å². The summed E-state index contributed by atoms with van der Waals surface area (Å²) in [6.45, 7) is 4.84. The average molecular weight is 444 g/mol. The Balaban J connectivity index is 1.45. The molecule has 2 aromatic heterocycles. The molecule has 0 unspecified atom stereocenters. The molecule has 0 spiro atoms. The summed E-state index contributed by atoms with van der Waals surface area (Å²) in [6.07, 6.45) is 4.22. The number of likely N-dealkylation sites (tertiary alicyclic amines) is 1. The normalized spacial score (nSPS) is 16.4. The Morgan fingerprint density at radius 2 is 2.13 bits per heavy atom. The van der Waals surface area contributed by atoms with Gasteiger partial charge in [-0.3, -0.25) is 4.79 Å². The van der Waals surface area contributed by atoms with Crippen LogP contribution in [-0.2, 0) is 6.42 Å². The number of carbonyl (C=O) groups excluding carboxylic acids is 1. The van der Waals surface area contributed by atoms with E-state index in [2.05, 4.69) is 20.3 Å². The van der Waals surface area contributed by atoms with Crippen LogP contribution in [-0.4, -0.2) is 38.8 Å². The van der Waals surface area contributed by atoms with Gasteiger partial charge in [0.2, 0.25) is 0 Å². The number of halogens is 2. The SMILES string of the molecule is Cc1nc(C[C@H]2CCCN(C(=O)c3cccc(F)c3F)C2)cc(Nc2ncc(C)s2)n1. The van der Waals surface area contributed by atoms with E-state index in [0.717, 1.165) is 34.6 Å². The van der Waals surface area contributed by atoms with Crippen molar-refractivity contribution in [3.8, 4) is 0 Å². The Morgan fingerprint density at radius 3 is 2.90 bits per heavy atom. The molecule has 3 aromatic rings. The summed E-state index contributed by atoms with van der Waals surface area (Å²) in [5, 5.41) is 3.99. The zero-order valence-electron chi connectivity index (χ0n) is 17.4. The van der Waals surface area contributed by atoms with Crippen molar-refractivity contribution < 1.29 is 13.6 Å². The highest BCUT2D eigenvalue weighted by molar-refractivity contribution is 7.15. The van der Waals surface area contributed by atoms with Crippen LogP contribution in [0.25, 0.3) is 0 Å². The van der Waals surface area contributed by atoms with E-state index in [1.165, 1.54) is 12.1 Å². The zero-order chi connectivity index (χ0) is 22.0. The van der Waals surface area contributed by atoms with Crippen molar-refractivity contribution in [1.29, 1.82) is 0 Å². The number of thiazole rings is 1. The molecule has 0 aliphatic carbocycles. The molecular weight excluding hydrogens is 420 g/mol. The van der Waals surface area contributed by atoms with Gasteiger partial charge in [0.15, 0.2) is 16.8 Å². The molecule has 1 atom stereocenters. The smallest absolute Gasteiger partial charge is 0.256 e. The minimum atomic E-state index is -1.09. The third-order valence-corrected chi connectivity index (χ3v) is 6.06. The third-order valence-electron chi connectivity index (χ3n) is 5.23. The summed E-state index contributed by atoms with van der Waals surface area (Å²) >= 11 is 1.55. The third kappa shape index (κ3) is 5.04. The van der Waals surface area contributed by atoms with E-state index in [4.69, 9.17) is 0 Å². The number of hydrogen-bond acceptors (Lipinski definition) is 6. The minimum absolute atomic E-state index is 0.179. The predicted molar refractivity (Wildman–Crippen MR) is 116 cm³/mol. The van der Waals surface area contributed by atoms with Gasteiger partial charge in [-0.05, 0) is 51.2 Å². The maximum absolute atomic E-state index is 14.1. The van der Waals surface area contributed by atoms with E-state index in [0.29, 0.717) is 31.2 Å². The van der Waals surface area contributed by atoms with Crippen molar-refractivity contribution in [3.63, 3.8) is 0 Å². The number of piperidine rings is 1. The Hall–Kier alpha value is -2.94. The van der Waals surface area contributed by atoms with E-state index in [1.807, 2.05) is 19.9 Å². The largest absolute Gasteiger partial charge is 0.338 e. The molecule has 6 nitrogen and oxygen atoms in total.